The maximum absolute atomic E-state index is 10.6. The second-order valence-corrected chi connectivity index (χ2v) is 3.34. The summed E-state index contributed by atoms with van der Waals surface area (Å²) in [5, 5.41) is 0. The second kappa shape index (κ2) is 4.23. The Morgan fingerprint density at radius 2 is 1.87 bits per heavy atom. The molecule has 0 N–H and O–H groups in total. The topological polar surface area (TPSA) is 55.9 Å². The summed E-state index contributed by atoms with van der Waals surface area (Å²) in [6, 6.07) is 4.71. The van der Waals surface area contributed by atoms with Crippen LogP contribution in [-0.2, 0) is 4.74 Å². The number of hydrogen-bond donors (Lipinski definition) is 0. The predicted octanol–water partition coefficient (Wildman–Crippen LogP) is 1.09. The Morgan fingerprint density at radius 1 is 1.27 bits per heavy atom. The summed E-state index contributed by atoms with van der Waals surface area (Å²) in [6.45, 7) is 1.18. The standard InChI is InChI=1S/C11H10O4/c12-4-8-1-9(5-13)3-10(2-8)14-6-11-7-15-11/h1-5,11H,6-7H2. The minimum absolute atomic E-state index is 0.157. The van der Waals surface area contributed by atoms with Crippen LogP contribution in [0.4, 0.5) is 0 Å². The first-order valence-corrected chi connectivity index (χ1v) is 4.61. The maximum Gasteiger partial charge on any atom is 0.150 e. The molecule has 1 heterocycles. The van der Waals surface area contributed by atoms with E-state index in [-0.39, 0.29) is 6.10 Å². The average molecular weight is 206 g/mol. The van der Waals surface area contributed by atoms with E-state index in [2.05, 4.69) is 0 Å². The molecule has 1 atom stereocenters. The highest BCUT2D eigenvalue weighted by atomic mass is 16.6. The van der Waals surface area contributed by atoms with Crippen molar-refractivity contribution < 1.29 is 19.1 Å². The van der Waals surface area contributed by atoms with Crippen LogP contribution in [0.3, 0.4) is 0 Å². The largest absolute Gasteiger partial charge is 0.491 e. The highest BCUT2D eigenvalue weighted by Gasteiger charge is 2.23. The molecule has 0 spiro atoms. The third-order valence-corrected chi connectivity index (χ3v) is 2.06. The number of rotatable bonds is 5. The van der Waals surface area contributed by atoms with Gasteiger partial charge in [-0.2, -0.15) is 0 Å². The molecule has 2 rings (SSSR count). The molecule has 0 aromatic heterocycles. The van der Waals surface area contributed by atoms with Crippen LogP contribution >= 0.6 is 0 Å². The lowest BCUT2D eigenvalue weighted by atomic mass is 10.1. The minimum atomic E-state index is 0.157. The average Bonchev–Trinajstić information content (AvgIpc) is 3.09. The summed E-state index contributed by atoms with van der Waals surface area (Å²) in [5.41, 5.74) is 0.873. The molecule has 1 aromatic carbocycles. The molecule has 1 aliphatic heterocycles. The molecule has 4 heteroatoms. The van der Waals surface area contributed by atoms with E-state index >= 15 is 0 Å². The van der Waals surface area contributed by atoms with Crippen LogP contribution in [-0.4, -0.2) is 31.9 Å². The molecule has 1 saturated heterocycles. The summed E-state index contributed by atoms with van der Waals surface area (Å²) < 4.78 is 10.4. The van der Waals surface area contributed by atoms with E-state index in [1.54, 1.807) is 12.1 Å². The van der Waals surface area contributed by atoms with Gasteiger partial charge in [-0.15, -0.1) is 0 Å². The zero-order chi connectivity index (χ0) is 10.7. The van der Waals surface area contributed by atoms with Gasteiger partial charge in [0.25, 0.3) is 0 Å². The third kappa shape index (κ3) is 2.63. The molecule has 0 radical (unpaired) electrons. The summed E-state index contributed by atoms with van der Waals surface area (Å²) in [5.74, 6) is 0.525. The number of carbonyl (C=O) groups is 2. The highest BCUT2D eigenvalue weighted by Crippen LogP contribution is 2.18. The minimum Gasteiger partial charge on any atom is -0.491 e. The maximum atomic E-state index is 10.6. The van der Waals surface area contributed by atoms with Crippen molar-refractivity contribution in [1.82, 2.24) is 0 Å². The Hall–Kier alpha value is -1.68. The van der Waals surface area contributed by atoms with Crippen LogP contribution in [0, 0.1) is 0 Å². The monoisotopic (exact) mass is 206 g/mol. The van der Waals surface area contributed by atoms with Crippen molar-refractivity contribution >= 4 is 12.6 Å². The number of aldehydes is 2. The summed E-state index contributed by atoms with van der Waals surface area (Å²) in [6.07, 6.45) is 1.53. The van der Waals surface area contributed by atoms with Gasteiger partial charge in [-0.3, -0.25) is 9.59 Å². The van der Waals surface area contributed by atoms with Gasteiger partial charge in [-0.05, 0) is 18.2 Å². The van der Waals surface area contributed by atoms with Gasteiger partial charge in [0.2, 0.25) is 0 Å². The fraction of sp³-hybridized carbons (Fsp3) is 0.273. The van der Waals surface area contributed by atoms with Gasteiger partial charge >= 0.3 is 0 Å². The number of epoxide rings is 1. The first kappa shape index (κ1) is 9.86. The van der Waals surface area contributed by atoms with Gasteiger partial charge in [0.1, 0.15) is 31.0 Å². The Balaban J connectivity index is 2.12. The normalized spacial score (nSPS) is 18.3. The Bertz CT molecular complexity index is 356. The smallest absolute Gasteiger partial charge is 0.150 e. The zero-order valence-electron chi connectivity index (χ0n) is 8.01. The Morgan fingerprint density at radius 3 is 2.33 bits per heavy atom. The van der Waals surface area contributed by atoms with Crippen molar-refractivity contribution in [3.8, 4) is 5.75 Å². The summed E-state index contributed by atoms with van der Waals surface area (Å²) in [7, 11) is 0. The molecular formula is C11H10O4. The molecule has 0 amide bonds. The SMILES string of the molecule is O=Cc1cc(C=O)cc(OCC2CO2)c1. The van der Waals surface area contributed by atoms with Crippen LogP contribution in [0.25, 0.3) is 0 Å². The molecule has 78 valence electrons. The molecule has 4 nitrogen and oxygen atoms in total. The summed E-state index contributed by atoms with van der Waals surface area (Å²) >= 11 is 0. The number of hydrogen-bond acceptors (Lipinski definition) is 4. The summed E-state index contributed by atoms with van der Waals surface area (Å²) in [4.78, 5) is 21.2. The highest BCUT2D eigenvalue weighted by molar-refractivity contribution is 5.83. The molecule has 0 saturated carbocycles. The van der Waals surface area contributed by atoms with Crippen molar-refractivity contribution in [2.24, 2.45) is 0 Å². The van der Waals surface area contributed by atoms with Gasteiger partial charge in [-0.1, -0.05) is 0 Å². The number of benzene rings is 1. The van der Waals surface area contributed by atoms with E-state index in [4.69, 9.17) is 9.47 Å². The fourth-order valence-corrected chi connectivity index (χ4v) is 1.22. The third-order valence-electron chi connectivity index (χ3n) is 2.06. The van der Waals surface area contributed by atoms with E-state index in [1.165, 1.54) is 6.07 Å². The van der Waals surface area contributed by atoms with Crippen molar-refractivity contribution in [2.45, 2.75) is 6.10 Å². The van der Waals surface area contributed by atoms with Gasteiger partial charge in [0.05, 0.1) is 6.61 Å². The quantitative estimate of drug-likeness (QED) is 0.534. The van der Waals surface area contributed by atoms with Crippen molar-refractivity contribution in [3.05, 3.63) is 29.3 Å². The van der Waals surface area contributed by atoms with Gasteiger partial charge in [0.15, 0.2) is 0 Å². The zero-order valence-corrected chi connectivity index (χ0v) is 8.01. The van der Waals surface area contributed by atoms with Crippen LogP contribution < -0.4 is 4.74 Å². The number of ether oxygens (including phenoxy) is 2. The van der Waals surface area contributed by atoms with E-state index in [1.807, 2.05) is 0 Å². The van der Waals surface area contributed by atoms with Gasteiger partial charge < -0.3 is 9.47 Å². The van der Waals surface area contributed by atoms with Crippen molar-refractivity contribution in [2.75, 3.05) is 13.2 Å². The molecule has 1 unspecified atom stereocenters. The Kier molecular flexibility index (Phi) is 2.78. The van der Waals surface area contributed by atoms with E-state index < -0.39 is 0 Å². The first-order valence-electron chi connectivity index (χ1n) is 4.61. The van der Waals surface area contributed by atoms with Crippen LogP contribution in [0.5, 0.6) is 5.75 Å². The van der Waals surface area contributed by atoms with Gasteiger partial charge in [-0.25, -0.2) is 0 Å². The lowest BCUT2D eigenvalue weighted by molar-refractivity contribution is 0.112. The van der Waals surface area contributed by atoms with Crippen LogP contribution in [0.2, 0.25) is 0 Å². The number of carbonyl (C=O) groups excluding carboxylic acids is 2. The van der Waals surface area contributed by atoms with Crippen LogP contribution in [0.1, 0.15) is 20.7 Å². The van der Waals surface area contributed by atoms with E-state index in [0.717, 1.165) is 0 Å². The lowest BCUT2D eigenvalue weighted by Gasteiger charge is -2.05. The molecule has 0 aliphatic carbocycles. The predicted molar refractivity (Wildman–Crippen MR) is 52.5 cm³/mol. The molecule has 1 aromatic rings. The van der Waals surface area contributed by atoms with Crippen molar-refractivity contribution in [1.29, 1.82) is 0 Å². The first-order chi connectivity index (χ1) is 7.31. The van der Waals surface area contributed by atoms with Gasteiger partial charge in [0, 0.05) is 11.1 Å². The lowest BCUT2D eigenvalue weighted by Crippen LogP contribution is -2.04. The second-order valence-electron chi connectivity index (χ2n) is 3.34. The fourth-order valence-electron chi connectivity index (χ4n) is 1.22. The molecular weight excluding hydrogens is 196 g/mol. The molecule has 15 heavy (non-hydrogen) atoms. The van der Waals surface area contributed by atoms with Crippen LogP contribution in [0.15, 0.2) is 18.2 Å². The van der Waals surface area contributed by atoms with E-state index in [9.17, 15) is 9.59 Å². The van der Waals surface area contributed by atoms with E-state index in [0.29, 0.717) is 42.7 Å². The molecule has 1 aliphatic rings. The van der Waals surface area contributed by atoms with Crippen molar-refractivity contribution in [3.63, 3.8) is 0 Å². The molecule has 1 fully saturated rings. The Labute approximate surface area is 86.8 Å². The molecule has 0 bridgehead atoms.